The normalized spacial score (nSPS) is 21.4. The summed E-state index contributed by atoms with van der Waals surface area (Å²) in [6.07, 6.45) is 3.38. The van der Waals surface area contributed by atoms with Gasteiger partial charge in [0.05, 0.1) is 12.0 Å². The fourth-order valence-electron chi connectivity index (χ4n) is 3.03. The molecule has 1 aliphatic rings. The summed E-state index contributed by atoms with van der Waals surface area (Å²) in [4.78, 5) is 10.4. The van der Waals surface area contributed by atoms with Crippen LogP contribution in [0.4, 0.5) is 5.69 Å². The highest BCUT2D eigenvalue weighted by Crippen LogP contribution is 2.31. The molecule has 6 nitrogen and oxygen atoms in total. The average molecular weight is 294 g/mol. The van der Waals surface area contributed by atoms with E-state index in [1.807, 2.05) is 0 Å². The van der Waals surface area contributed by atoms with Crippen LogP contribution in [0.1, 0.15) is 24.8 Å². The largest absolute Gasteiger partial charge is 0.496 e. The van der Waals surface area contributed by atoms with Crippen LogP contribution < -0.4 is 10.1 Å². The summed E-state index contributed by atoms with van der Waals surface area (Å²) < 4.78 is 5.24. The first-order valence-corrected chi connectivity index (χ1v) is 7.28. The van der Waals surface area contributed by atoms with Crippen LogP contribution in [0.15, 0.2) is 18.2 Å². The third kappa shape index (κ3) is 3.92. The minimum atomic E-state index is -0.401. The van der Waals surface area contributed by atoms with Crippen molar-refractivity contribution in [3.63, 3.8) is 0 Å². The van der Waals surface area contributed by atoms with Crippen LogP contribution in [0, 0.1) is 22.0 Å². The van der Waals surface area contributed by atoms with Gasteiger partial charge in [0.1, 0.15) is 5.75 Å². The minimum absolute atomic E-state index is 0.0710. The first-order chi connectivity index (χ1) is 10.2. The second-order valence-corrected chi connectivity index (χ2v) is 5.52. The molecule has 116 valence electrons. The van der Waals surface area contributed by atoms with E-state index in [0.29, 0.717) is 24.1 Å². The molecule has 1 fully saturated rings. The van der Waals surface area contributed by atoms with Crippen molar-refractivity contribution in [2.24, 2.45) is 11.8 Å². The predicted octanol–water partition coefficient (Wildman–Crippen LogP) is 2.10. The third-order valence-electron chi connectivity index (χ3n) is 4.25. The summed E-state index contributed by atoms with van der Waals surface area (Å²) in [5, 5.41) is 23.5. The lowest BCUT2D eigenvalue weighted by atomic mass is 9.97. The molecule has 2 unspecified atom stereocenters. The van der Waals surface area contributed by atoms with E-state index in [9.17, 15) is 15.2 Å². The number of non-ortho nitro benzene ring substituents is 1. The summed E-state index contributed by atoms with van der Waals surface area (Å²) in [7, 11) is 1.56. The first kappa shape index (κ1) is 15.7. The Bertz CT molecular complexity index is 493. The standard InChI is InChI=1S/C15H22N2O4/c1-21-15-6-5-14(17(19)20)7-13(15)9-16-8-11-3-2-4-12(11)10-18/h5-7,11-12,16,18H,2-4,8-10H2,1H3. The molecule has 0 aliphatic heterocycles. The Morgan fingerprint density at radius 2 is 2.19 bits per heavy atom. The van der Waals surface area contributed by atoms with Crippen LogP contribution in [-0.2, 0) is 6.54 Å². The Labute approximate surface area is 124 Å². The van der Waals surface area contributed by atoms with E-state index in [-0.39, 0.29) is 12.3 Å². The second kappa shape index (κ2) is 7.38. The van der Waals surface area contributed by atoms with Crippen LogP contribution in [0.5, 0.6) is 5.75 Å². The van der Waals surface area contributed by atoms with Crippen LogP contribution in [-0.4, -0.2) is 30.3 Å². The molecule has 0 radical (unpaired) electrons. The second-order valence-electron chi connectivity index (χ2n) is 5.52. The highest BCUT2D eigenvalue weighted by Gasteiger charge is 2.26. The van der Waals surface area contributed by atoms with Crippen LogP contribution in [0.2, 0.25) is 0 Å². The van der Waals surface area contributed by atoms with Gasteiger partial charge in [-0.25, -0.2) is 0 Å². The molecule has 21 heavy (non-hydrogen) atoms. The van der Waals surface area contributed by atoms with Gasteiger partial charge in [0.2, 0.25) is 0 Å². The Morgan fingerprint density at radius 3 is 2.86 bits per heavy atom. The van der Waals surface area contributed by atoms with Gasteiger partial charge in [0.25, 0.3) is 5.69 Å². The molecule has 1 aromatic rings. The van der Waals surface area contributed by atoms with E-state index in [1.165, 1.54) is 6.07 Å². The number of aliphatic hydroxyl groups excluding tert-OH is 1. The number of benzene rings is 1. The topological polar surface area (TPSA) is 84.6 Å². The maximum Gasteiger partial charge on any atom is 0.270 e. The van der Waals surface area contributed by atoms with Crippen molar-refractivity contribution in [2.75, 3.05) is 20.3 Å². The lowest BCUT2D eigenvalue weighted by Gasteiger charge is -2.18. The summed E-state index contributed by atoms with van der Waals surface area (Å²) in [5.41, 5.74) is 0.854. The highest BCUT2D eigenvalue weighted by atomic mass is 16.6. The Kier molecular flexibility index (Phi) is 5.52. The lowest BCUT2D eigenvalue weighted by molar-refractivity contribution is -0.384. The third-order valence-corrected chi connectivity index (χ3v) is 4.25. The number of methoxy groups -OCH3 is 1. The number of nitro benzene ring substituents is 1. The van der Waals surface area contributed by atoms with Crippen molar-refractivity contribution in [2.45, 2.75) is 25.8 Å². The predicted molar refractivity (Wildman–Crippen MR) is 79.3 cm³/mol. The zero-order valence-corrected chi connectivity index (χ0v) is 12.2. The van der Waals surface area contributed by atoms with Gasteiger partial charge in [-0.05, 0) is 37.3 Å². The molecule has 0 spiro atoms. The molecule has 1 aromatic carbocycles. The van der Waals surface area contributed by atoms with Gasteiger partial charge in [0.15, 0.2) is 0 Å². The number of nitro groups is 1. The van der Waals surface area contributed by atoms with Gasteiger partial charge in [-0.3, -0.25) is 10.1 Å². The van der Waals surface area contributed by atoms with Crippen molar-refractivity contribution in [1.82, 2.24) is 5.32 Å². The number of nitrogens with zero attached hydrogens (tertiary/aromatic N) is 1. The quantitative estimate of drug-likeness (QED) is 0.594. The summed E-state index contributed by atoms with van der Waals surface area (Å²) in [6, 6.07) is 4.62. The molecule has 1 aliphatic carbocycles. The molecule has 0 aromatic heterocycles. The van der Waals surface area contributed by atoms with Gasteiger partial charge in [-0.15, -0.1) is 0 Å². The van der Waals surface area contributed by atoms with E-state index < -0.39 is 4.92 Å². The number of nitrogens with one attached hydrogen (secondary N) is 1. The summed E-state index contributed by atoms with van der Waals surface area (Å²) >= 11 is 0. The first-order valence-electron chi connectivity index (χ1n) is 7.28. The zero-order valence-electron chi connectivity index (χ0n) is 12.2. The number of hydrogen-bond donors (Lipinski definition) is 2. The Morgan fingerprint density at radius 1 is 1.43 bits per heavy atom. The van der Waals surface area contributed by atoms with Crippen molar-refractivity contribution >= 4 is 5.69 Å². The summed E-state index contributed by atoms with van der Waals surface area (Å²) in [6.45, 7) is 1.59. The molecular formula is C15H22N2O4. The maximum atomic E-state index is 10.8. The van der Waals surface area contributed by atoms with E-state index in [4.69, 9.17) is 4.74 Å². The van der Waals surface area contributed by atoms with Gasteiger partial charge >= 0.3 is 0 Å². The number of ether oxygens (including phenoxy) is 1. The van der Waals surface area contributed by atoms with E-state index in [2.05, 4.69) is 5.32 Å². The molecule has 0 bridgehead atoms. The Hall–Kier alpha value is -1.66. The van der Waals surface area contributed by atoms with E-state index in [1.54, 1.807) is 19.2 Å². The van der Waals surface area contributed by atoms with Crippen molar-refractivity contribution in [3.8, 4) is 5.75 Å². The average Bonchev–Trinajstić information content (AvgIpc) is 2.94. The molecule has 0 heterocycles. The van der Waals surface area contributed by atoms with E-state index >= 15 is 0 Å². The number of aliphatic hydroxyl groups is 1. The van der Waals surface area contributed by atoms with Gasteiger partial charge < -0.3 is 15.2 Å². The van der Waals surface area contributed by atoms with Crippen LogP contribution in [0.25, 0.3) is 0 Å². The van der Waals surface area contributed by atoms with Crippen molar-refractivity contribution in [3.05, 3.63) is 33.9 Å². The lowest BCUT2D eigenvalue weighted by Crippen LogP contribution is -2.26. The molecule has 2 atom stereocenters. The molecule has 2 rings (SSSR count). The fourth-order valence-corrected chi connectivity index (χ4v) is 3.03. The molecular weight excluding hydrogens is 272 g/mol. The fraction of sp³-hybridized carbons (Fsp3) is 0.600. The van der Waals surface area contributed by atoms with Crippen molar-refractivity contribution < 1.29 is 14.8 Å². The van der Waals surface area contributed by atoms with E-state index in [0.717, 1.165) is 31.4 Å². The molecule has 0 saturated heterocycles. The molecule has 2 N–H and O–H groups in total. The molecule has 1 saturated carbocycles. The maximum absolute atomic E-state index is 10.8. The Balaban J connectivity index is 1.95. The monoisotopic (exact) mass is 294 g/mol. The van der Waals surface area contributed by atoms with Gasteiger partial charge in [-0.1, -0.05) is 6.42 Å². The summed E-state index contributed by atoms with van der Waals surface area (Å²) in [5.74, 6) is 1.52. The molecule has 0 amide bonds. The minimum Gasteiger partial charge on any atom is -0.496 e. The zero-order chi connectivity index (χ0) is 15.2. The SMILES string of the molecule is COc1ccc([N+](=O)[O-])cc1CNCC1CCCC1CO. The van der Waals surface area contributed by atoms with Crippen LogP contribution in [0.3, 0.4) is 0 Å². The highest BCUT2D eigenvalue weighted by molar-refractivity contribution is 5.43. The van der Waals surface area contributed by atoms with Crippen molar-refractivity contribution in [1.29, 1.82) is 0 Å². The molecule has 6 heteroatoms. The van der Waals surface area contributed by atoms with Gasteiger partial charge in [0, 0.05) is 30.8 Å². The van der Waals surface area contributed by atoms with Crippen LogP contribution >= 0.6 is 0 Å². The smallest absolute Gasteiger partial charge is 0.270 e. The number of hydrogen-bond acceptors (Lipinski definition) is 5. The van der Waals surface area contributed by atoms with Gasteiger partial charge in [-0.2, -0.15) is 0 Å². The number of rotatable bonds is 7.